The molecule has 0 aromatic carbocycles. The summed E-state index contributed by atoms with van der Waals surface area (Å²) in [6.07, 6.45) is 1.17. The summed E-state index contributed by atoms with van der Waals surface area (Å²) in [5.41, 5.74) is 0.352. The van der Waals surface area contributed by atoms with Crippen molar-refractivity contribution in [3.8, 4) is 0 Å². The van der Waals surface area contributed by atoms with E-state index in [1.54, 1.807) is 11.4 Å². The zero-order valence-electron chi connectivity index (χ0n) is 11.5. The predicted molar refractivity (Wildman–Crippen MR) is 85.4 cm³/mol. The van der Waals surface area contributed by atoms with Crippen molar-refractivity contribution in [3.05, 3.63) is 27.6 Å². The van der Waals surface area contributed by atoms with Gasteiger partial charge in [-0.2, -0.15) is 4.31 Å². The van der Waals surface area contributed by atoms with Crippen LogP contribution in [0.3, 0.4) is 0 Å². The Hall–Kier alpha value is -0.960. The van der Waals surface area contributed by atoms with E-state index in [0.717, 1.165) is 0 Å². The molecular weight excluding hydrogens is 334 g/mol. The number of thiophene rings is 1. The Labute approximate surface area is 131 Å². The summed E-state index contributed by atoms with van der Waals surface area (Å²) < 4.78 is 25.9. The molecule has 0 fully saturated rings. The van der Waals surface area contributed by atoms with E-state index in [0.29, 0.717) is 34.8 Å². The first-order valence-corrected chi connectivity index (χ1v) is 9.43. The number of rotatable bonds is 7. The largest absolute Gasteiger partial charge is 0.308 e. The maximum atomic E-state index is 12.1. The van der Waals surface area contributed by atoms with Crippen molar-refractivity contribution in [2.45, 2.75) is 19.4 Å². The van der Waals surface area contributed by atoms with Gasteiger partial charge < -0.3 is 4.98 Å². The number of halogens is 1. The maximum Gasteiger partial charge on any atom is 0.268 e. The average Bonchev–Trinajstić information content (AvgIpc) is 2.87. The van der Waals surface area contributed by atoms with Gasteiger partial charge in [-0.05, 0) is 24.3 Å². The zero-order valence-corrected chi connectivity index (χ0v) is 13.9. The molecule has 0 unspecified atom stereocenters. The van der Waals surface area contributed by atoms with Gasteiger partial charge in [0.25, 0.3) is 5.56 Å². The quantitative estimate of drug-likeness (QED) is 0.610. The number of hydrogen-bond acceptors (Lipinski definition) is 5. The van der Waals surface area contributed by atoms with Crippen molar-refractivity contribution in [2.24, 2.45) is 0 Å². The minimum atomic E-state index is -3.37. The molecule has 2 aromatic heterocycles. The third kappa shape index (κ3) is 4.03. The van der Waals surface area contributed by atoms with Crippen molar-refractivity contribution >= 4 is 43.2 Å². The second kappa shape index (κ2) is 6.87. The molecule has 2 aromatic rings. The topological polar surface area (TPSA) is 83.1 Å². The number of aromatic nitrogens is 2. The molecule has 0 radical (unpaired) electrons. The van der Waals surface area contributed by atoms with E-state index in [-0.39, 0.29) is 17.9 Å². The van der Waals surface area contributed by atoms with Crippen LogP contribution in [0.5, 0.6) is 0 Å². The van der Waals surface area contributed by atoms with Crippen molar-refractivity contribution in [1.82, 2.24) is 14.3 Å². The summed E-state index contributed by atoms with van der Waals surface area (Å²) in [6.45, 7) is 0.0459. The van der Waals surface area contributed by atoms with Crippen LogP contribution >= 0.6 is 22.9 Å². The van der Waals surface area contributed by atoms with Crippen LogP contribution in [-0.2, 0) is 16.6 Å². The molecule has 0 aliphatic carbocycles. The smallest absolute Gasteiger partial charge is 0.268 e. The van der Waals surface area contributed by atoms with Crippen LogP contribution in [0.4, 0.5) is 0 Å². The van der Waals surface area contributed by atoms with Crippen LogP contribution in [0.2, 0.25) is 0 Å². The van der Waals surface area contributed by atoms with E-state index in [1.807, 2.05) is 0 Å². The first-order valence-electron chi connectivity index (χ1n) is 6.40. The highest BCUT2D eigenvalue weighted by atomic mass is 35.5. The lowest BCUT2D eigenvalue weighted by Crippen LogP contribution is -2.30. The summed E-state index contributed by atoms with van der Waals surface area (Å²) >= 11 is 6.85. The number of nitrogens with one attached hydrogen (secondary N) is 1. The normalized spacial score (nSPS) is 12.3. The minimum Gasteiger partial charge on any atom is -0.308 e. The summed E-state index contributed by atoms with van der Waals surface area (Å²) in [7, 11) is -1.89. The van der Waals surface area contributed by atoms with Gasteiger partial charge in [0.2, 0.25) is 10.0 Å². The Morgan fingerprint density at radius 2 is 2.19 bits per heavy atom. The van der Waals surface area contributed by atoms with Crippen molar-refractivity contribution in [3.63, 3.8) is 0 Å². The van der Waals surface area contributed by atoms with E-state index in [4.69, 9.17) is 11.6 Å². The summed E-state index contributed by atoms with van der Waals surface area (Å²) in [5.74, 6) is 0.832. The number of fused-ring (bicyclic) bond motifs is 1. The van der Waals surface area contributed by atoms with Crippen LogP contribution in [0.25, 0.3) is 10.2 Å². The molecule has 0 amide bonds. The standard InChI is InChI=1S/C12H16ClN3O3S2/c1-16(21(18,19)7-3-2-5-13)8-10-14-9-4-6-20-11(9)12(17)15-10/h4,6H,2-3,5,7-8H2,1H3,(H,14,15,17). The summed E-state index contributed by atoms with van der Waals surface area (Å²) in [5, 5.41) is 1.78. The number of unbranched alkanes of at least 4 members (excludes halogenated alkanes) is 1. The lowest BCUT2D eigenvalue weighted by molar-refractivity contribution is 0.455. The molecule has 2 heterocycles. The third-order valence-corrected chi connectivity index (χ3v) is 6.05. The van der Waals surface area contributed by atoms with Gasteiger partial charge in [-0.3, -0.25) is 4.79 Å². The monoisotopic (exact) mass is 349 g/mol. The number of alkyl halides is 1. The molecule has 0 spiro atoms. The van der Waals surface area contributed by atoms with Gasteiger partial charge in [-0.15, -0.1) is 22.9 Å². The Morgan fingerprint density at radius 1 is 1.43 bits per heavy atom. The molecule has 0 aliphatic heterocycles. The number of H-pyrrole nitrogens is 1. The molecule has 116 valence electrons. The van der Waals surface area contributed by atoms with Crippen LogP contribution in [0, 0.1) is 0 Å². The van der Waals surface area contributed by atoms with Crippen LogP contribution in [-0.4, -0.2) is 41.4 Å². The molecule has 0 saturated heterocycles. The lowest BCUT2D eigenvalue weighted by Gasteiger charge is -2.16. The predicted octanol–water partition coefficient (Wildman–Crippen LogP) is 1.77. The molecule has 2 rings (SSSR count). The maximum absolute atomic E-state index is 12.1. The van der Waals surface area contributed by atoms with Gasteiger partial charge >= 0.3 is 0 Å². The molecule has 21 heavy (non-hydrogen) atoms. The van der Waals surface area contributed by atoms with Gasteiger partial charge in [-0.25, -0.2) is 13.4 Å². The fourth-order valence-corrected chi connectivity index (χ4v) is 3.95. The van der Waals surface area contributed by atoms with E-state index >= 15 is 0 Å². The van der Waals surface area contributed by atoms with Gasteiger partial charge in [0.15, 0.2) is 0 Å². The van der Waals surface area contributed by atoms with Crippen LogP contribution < -0.4 is 5.56 Å². The van der Waals surface area contributed by atoms with E-state index in [9.17, 15) is 13.2 Å². The molecule has 0 bridgehead atoms. The van der Waals surface area contributed by atoms with Crippen molar-refractivity contribution in [2.75, 3.05) is 18.7 Å². The summed E-state index contributed by atoms with van der Waals surface area (Å²) in [6, 6.07) is 1.74. The van der Waals surface area contributed by atoms with Gasteiger partial charge in [0.1, 0.15) is 10.5 Å². The van der Waals surface area contributed by atoms with E-state index in [1.165, 1.54) is 22.7 Å². The van der Waals surface area contributed by atoms with Gasteiger partial charge in [0.05, 0.1) is 17.8 Å². The average molecular weight is 350 g/mol. The number of sulfonamides is 1. The molecule has 0 saturated carbocycles. The first-order chi connectivity index (χ1) is 9.94. The Bertz CT molecular complexity index is 769. The SMILES string of the molecule is CN(Cc1nc2ccsc2c(=O)[nH]1)S(=O)(=O)CCCCCl. The van der Waals surface area contributed by atoms with Crippen molar-refractivity contribution in [1.29, 1.82) is 0 Å². The van der Waals surface area contributed by atoms with Gasteiger partial charge in [-0.1, -0.05) is 0 Å². The molecule has 0 atom stereocenters. The van der Waals surface area contributed by atoms with Crippen molar-refractivity contribution < 1.29 is 8.42 Å². The molecule has 6 nitrogen and oxygen atoms in total. The zero-order chi connectivity index (χ0) is 15.5. The second-order valence-corrected chi connectivity index (χ2v) is 8.11. The highest BCUT2D eigenvalue weighted by molar-refractivity contribution is 7.89. The van der Waals surface area contributed by atoms with Crippen LogP contribution in [0.15, 0.2) is 16.2 Å². The minimum absolute atomic E-state index is 0.0428. The molecule has 1 N–H and O–H groups in total. The Kier molecular flexibility index (Phi) is 5.37. The number of hydrogen-bond donors (Lipinski definition) is 1. The fourth-order valence-electron chi connectivity index (χ4n) is 1.84. The Morgan fingerprint density at radius 3 is 2.90 bits per heavy atom. The molecule has 0 aliphatic rings. The van der Waals surface area contributed by atoms with Crippen LogP contribution in [0.1, 0.15) is 18.7 Å². The second-order valence-electron chi connectivity index (χ2n) is 4.62. The van der Waals surface area contributed by atoms with E-state index < -0.39 is 10.0 Å². The highest BCUT2D eigenvalue weighted by Gasteiger charge is 2.19. The highest BCUT2D eigenvalue weighted by Crippen LogP contribution is 2.14. The number of aromatic amines is 1. The summed E-state index contributed by atoms with van der Waals surface area (Å²) in [4.78, 5) is 18.7. The fraction of sp³-hybridized carbons (Fsp3) is 0.500. The van der Waals surface area contributed by atoms with E-state index in [2.05, 4.69) is 9.97 Å². The molecular formula is C12H16ClN3O3S2. The van der Waals surface area contributed by atoms with Gasteiger partial charge in [0, 0.05) is 12.9 Å². The third-order valence-electron chi connectivity index (χ3n) is 3.00. The Balaban J connectivity index is 2.13. The first kappa shape index (κ1) is 16.4. The lowest BCUT2D eigenvalue weighted by atomic mass is 10.4. The molecule has 9 heteroatoms. The number of nitrogens with zero attached hydrogens (tertiary/aromatic N) is 2.